The van der Waals surface area contributed by atoms with E-state index in [9.17, 15) is 9.90 Å². The summed E-state index contributed by atoms with van der Waals surface area (Å²) in [6, 6.07) is 7.83. The molecule has 1 aromatic carbocycles. The molecule has 0 bridgehead atoms. The van der Waals surface area contributed by atoms with Gasteiger partial charge in [-0.05, 0) is 46.4 Å². The Morgan fingerprint density at radius 3 is 2.48 bits per heavy atom. The smallest absolute Gasteiger partial charge is 0.354 e. The molecule has 1 heterocycles. The van der Waals surface area contributed by atoms with E-state index < -0.39 is 12.1 Å². The molecule has 4 heteroatoms. The maximum Gasteiger partial charge on any atom is 0.354 e. The van der Waals surface area contributed by atoms with E-state index in [1.165, 1.54) is 18.2 Å². The van der Waals surface area contributed by atoms with Gasteiger partial charge in [-0.25, -0.2) is 4.79 Å². The standard InChI is InChI=1S/C23H27NO3/c1-22(2)10-11-23(3,4)18-13-16(7-8-17(18)22)20(25)9-6-15-12-19(24-14-15)21(26)27-5/h7-8,12-14,20,24-25H,10-11H2,1-5H3. The number of aromatic nitrogens is 1. The third-order valence-electron chi connectivity index (χ3n) is 5.63. The summed E-state index contributed by atoms with van der Waals surface area (Å²) >= 11 is 0. The first kappa shape index (κ1) is 19.3. The van der Waals surface area contributed by atoms with Crippen molar-refractivity contribution in [1.82, 2.24) is 4.98 Å². The van der Waals surface area contributed by atoms with Crippen LogP contribution in [0.15, 0.2) is 30.5 Å². The fourth-order valence-corrected chi connectivity index (χ4v) is 3.71. The maximum atomic E-state index is 11.5. The molecule has 0 amide bonds. The molecular weight excluding hydrogens is 338 g/mol. The molecule has 0 spiro atoms. The first-order chi connectivity index (χ1) is 12.6. The molecule has 1 aromatic heterocycles. The van der Waals surface area contributed by atoms with Crippen LogP contribution < -0.4 is 0 Å². The van der Waals surface area contributed by atoms with Gasteiger partial charge in [0.05, 0.1) is 7.11 Å². The molecule has 3 rings (SSSR count). The van der Waals surface area contributed by atoms with Gasteiger partial charge >= 0.3 is 5.97 Å². The van der Waals surface area contributed by atoms with Crippen LogP contribution in [-0.2, 0) is 15.6 Å². The second-order valence-corrected chi connectivity index (χ2v) is 8.54. The van der Waals surface area contributed by atoms with Gasteiger partial charge in [0, 0.05) is 11.8 Å². The molecule has 2 aromatic rings. The van der Waals surface area contributed by atoms with Crippen molar-refractivity contribution in [1.29, 1.82) is 0 Å². The largest absolute Gasteiger partial charge is 0.464 e. The lowest BCUT2D eigenvalue weighted by Gasteiger charge is -2.42. The summed E-state index contributed by atoms with van der Waals surface area (Å²) in [6.07, 6.45) is 3.03. The normalized spacial score (nSPS) is 18.0. The van der Waals surface area contributed by atoms with Gasteiger partial charge in [-0.15, -0.1) is 0 Å². The molecule has 142 valence electrons. The summed E-state index contributed by atoms with van der Waals surface area (Å²) in [6.45, 7) is 9.08. The molecule has 0 fully saturated rings. The summed E-state index contributed by atoms with van der Waals surface area (Å²) in [5.41, 5.74) is 4.67. The average Bonchev–Trinajstić information content (AvgIpc) is 3.11. The minimum absolute atomic E-state index is 0.0874. The molecule has 2 N–H and O–H groups in total. The van der Waals surface area contributed by atoms with Crippen LogP contribution >= 0.6 is 0 Å². The maximum absolute atomic E-state index is 11.5. The number of carbonyl (C=O) groups excluding carboxylic acids is 1. The minimum Gasteiger partial charge on any atom is -0.464 e. The molecule has 1 aliphatic rings. The highest BCUT2D eigenvalue weighted by Crippen LogP contribution is 2.46. The SMILES string of the molecule is COC(=O)c1cc(C#CC(O)c2ccc3c(c2)C(C)(C)CCC3(C)C)c[nH]1. The lowest BCUT2D eigenvalue weighted by molar-refractivity contribution is 0.0595. The number of methoxy groups -OCH3 is 1. The van der Waals surface area contributed by atoms with Gasteiger partial charge in [-0.2, -0.15) is 0 Å². The van der Waals surface area contributed by atoms with Crippen LogP contribution in [0.2, 0.25) is 0 Å². The second-order valence-electron chi connectivity index (χ2n) is 8.54. The van der Waals surface area contributed by atoms with E-state index in [1.54, 1.807) is 12.3 Å². The molecule has 0 saturated carbocycles. The number of H-pyrrole nitrogens is 1. The summed E-state index contributed by atoms with van der Waals surface area (Å²) < 4.78 is 4.67. The average molecular weight is 365 g/mol. The van der Waals surface area contributed by atoms with Crippen LogP contribution in [0.3, 0.4) is 0 Å². The van der Waals surface area contributed by atoms with E-state index in [1.807, 2.05) is 6.07 Å². The van der Waals surface area contributed by atoms with Crippen molar-refractivity contribution in [3.63, 3.8) is 0 Å². The summed E-state index contributed by atoms with van der Waals surface area (Å²) in [4.78, 5) is 14.3. The zero-order valence-electron chi connectivity index (χ0n) is 16.6. The lowest BCUT2D eigenvalue weighted by atomic mass is 9.63. The Morgan fingerprint density at radius 2 is 1.81 bits per heavy atom. The van der Waals surface area contributed by atoms with Gasteiger partial charge in [-0.3, -0.25) is 0 Å². The first-order valence-corrected chi connectivity index (χ1v) is 9.25. The van der Waals surface area contributed by atoms with Crippen LogP contribution in [0.25, 0.3) is 0 Å². The summed E-state index contributed by atoms with van der Waals surface area (Å²) in [7, 11) is 1.33. The monoisotopic (exact) mass is 365 g/mol. The number of hydrogen-bond donors (Lipinski definition) is 2. The van der Waals surface area contributed by atoms with E-state index in [2.05, 4.69) is 61.4 Å². The van der Waals surface area contributed by atoms with Crippen LogP contribution in [0.5, 0.6) is 0 Å². The van der Waals surface area contributed by atoms with Gasteiger partial charge < -0.3 is 14.8 Å². The van der Waals surface area contributed by atoms with E-state index in [0.29, 0.717) is 11.3 Å². The molecule has 1 unspecified atom stereocenters. The van der Waals surface area contributed by atoms with E-state index in [0.717, 1.165) is 18.4 Å². The molecule has 0 aliphatic heterocycles. The Hall–Kier alpha value is -2.51. The van der Waals surface area contributed by atoms with Crippen LogP contribution in [0.4, 0.5) is 0 Å². The van der Waals surface area contributed by atoms with E-state index in [4.69, 9.17) is 0 Å². The van der Waals surface area contributed by atoms with Gasteiger partial charge in [0.2, 0.25) is 0 Å². The second kappa shape index (κ2) is 6.90. The predicted molar refractivity (Wildman–Crippen MR) is 106 cm³/mol. The topological polar surface area (TPSA) is 62.3 Å². The number of hydrogen-bond acceptors (Lipinski definition) is 3. The lowest BCUT2D eigenvalue weighted by Crippen LogP contribution is -2.34. The van der Waals surface area contributed by atoms with Crippen molar-refractivity contribution in [3.8, 4) is 11.8 Å². The number of rotatable bonds is 2. The van der Waals surface area contributed by atoms with Crippen molar-refractivity contribution in [2.75, 3.05) is 7.11 Å². The van der Waals surface area contributed by atoms with Crippen LogP contribution in [0.1, 0.15) is 79.4 Å². The van der Waals surface area contributed by atoms with Gasteiger partial charge in [-0.1, -0.05) is 57.7 Å². The van der Waals surface area contributed by atoms with Crippen LogP contribution in [-0.4, -0.2) is 23.2 Å². The number of carbonyl (C=O) groups is 1. The number of aromatic amines is 1. The van der Waals surface area contributed by atoms with Crippen LogP contribution in [0, 0.1) is 11.8 Å². The molecule has 4 nitrogen and oxygen atoms in total. The molecule has 1 aliphatic carbocycles. The Balaban J connectivity index is 1.88. The zero-order valence-corrected chi connectivity index (χ0v) is 16.6. The van der Waals surface area contributed by atoms with Gasteiger partial charge in [0.15, 0.2) is 0 Å². The van der Waals surface area contributed by atoms with Gasteiger partial charge in [0.1, 0.15) is 11.8 Å². The zero-order chi connectivity index (χ0) is 19.8. The van der Waals surface area contributed by atoms with Crippen molar-refractivity contribution in [3.05, 3.63) is 58.4 Å². The molecule has 0 saturated heterocycles. The summed E-state index contributed by atoms with van der Waals surface area (Å²) in [5.74, 6) is 5.35. The van der Waals surface area contributed by atoms with E-state index >= 15 is 0 Å². The Labute approximate surface area is 161 Å². The number of benzene rings is 1. The third-order valence-corrected chi connectivity index (χ3v) is 5.63. The first-order valence-electron chi connectivity index (χ1n) is 9.25. The molecule has 1 atom stereocenters. The summed E-state index contributed by atoms with van der Waals surface area (Å²) in [5, 5.41) is 10.6. The third kappa shape index (κ3) is 3.79. The van der Waals surface area contributed by atoms with E-state index in [-0.39, 0.29) is 10.8 Å². The molecular formula is C23H27NO3. The predicted octanol–water partition coefficient (Wildman–Crippen LogP) is 4.24. The number of aliphatic hydroxyl groups excluding tert-OH is 1. The fourth-order valence-electron chi connectivity index (χ4n) is 3.71. The number of aliphatic hydroxyl groups is 1. The highest BCUT2D eigenvalue weighted by Gasteiger charge is 2.37. The highest BCUT2D eigenvalue weighted by atomic mass is 16.5. The minimum atomic E-state index is -0.882. The fraction of sp³-hybridized carbons (Fsp3) is 0.435. The highest BCUT2D eigenvalue weighted by molar-refractivity contribution is 5.87. The Bertz CT molecular complexity index is 925. The van der Waals surface area contributed by atoms with Crippen molar-refractivity contribution in [2.24, 2.45) is 0 Å². The number of ether oxygens (including phenoxy) is 1. The number of esters is 1. The van der Waals surface area contributed by atoms with Crippen molar-refractivity contribution >= 4 is 5.97 Å². The molecule has 27 heavy (non-hydrogen) atoms. The molecule has 0 radical (unpaired) electrons. The number of nitrogens with one attached hydrogen (secondary N) is 1. The van der Waals surface area contributed by atoms with Gasteiger partial charge in [0.25, 0.3) is 0 Å². The van der Waals surface area contributed by atoms with Crippen molar-refractivity contribution < 1.29 is 14.6 Å². The number of fused-ring (bicyclic) bond motifs is 1. The Morgan fingerprint density at radius 1 is 1.15 bits per heavy atom. The van der Waals surface area contributed by atoms with Crippen molar-refractivity contribution in [2.45, 2.75) is 57.5 Å². The Kier molecular flexibility index (Phi) is 4.92. The quantitative estimate of drug-likeness (QED) is 0.618.